The van der Waals surface area contributed by atoms with Crippen LogP contribution in [0.1, 0.15) is 11.1 Å². The zero-order valence-corrected chi connectivity index (χ0v) is 12.8. The smallest absolute Gasteiger partial charge is 0.228 e. The topological polar surface area (TPSA) is 73.6 Å². The highest BCUT2D eigenvalue weighted by Crippen LogP contribution is 2.27. The highest BCUT2D eigenvalue weighted by Gasteiger charge is 2.08. The number of carbonyl (C=O) groups is 1. The molecule has 0 unspecified atom stereocenters. The Labute approximate surface area is 130 Å². The summed E-state index contributed by atoms with van der Waals surface area (Å²) in [5, 5.41) is 2.86. The number of ether oxygens (including phenoxy) is 2. The molecule has 0 aliphatic rings. The third-order valence-electron chi connectivity index (χ3n) is 3.29. The number of hydrogen-bond acceptors (Lipinski definition) is 4. The summed E-state index contributed by atoms with van der Waals surface area (Å²) in [6.07, 6.45) is 0.263. The number of rotatable bonds is 6. The molecule has 0 aromatic heterocycles. The molecule has 1 amide bonds. The Kier molecular flexibility index (Phi) is 5.38. The van der Waals surface area contributed by atoms with E-state index in [1.54, 1.807) is 26.4 Å². The third-order valence-corrected chi connectivity index (χ3v) is 3.29. The number of nitrogens with two attached hydrogens (primary N) is 1. The van der Waals surface area contributed by atoms with E-state index in [1.807, 2.05) is 30.3 Å². The van der Waals surface area contributed by atoms with E-state index in [9.17, 15) is 4.79 Å². The summed E-state index contributed by atoms with van der Waals surface area (Å²) in [5.41, 5.74) is 8.18. The Balaban J connectivity index is 2.02. The van der Waals surface area contributed by atoms with E-state index in [0.717, 1.165) is 16.8 Å². The van der Waals surface area contributed by atoms with Gasteiger partial charge in [0.25, 0.3) is 0 Å². The highest BCUT2D eigenvalue weighted by molar-refractivity contribution is 5.92. The van der Waals surface area contributed by atoms with Gasteiger partial charge in [0.2, 0.25) is 5.91 Å². The SMILES string of the molecule is COc1ccc(CC(=O)Nc2ccc(CN)cc2)cc1OC. The minimum absolute atomic E-state index is 0.0901. The van der Waals surface area contributed by atoms with Gasteiger partial charge in [0.15, 0.2) is 11.5 Å². The summed E-state index contributed by atoms with van der Waals surface area (Å²) < 4.78 is 10.4. The molecular formula is C17H20N2O3. The van der Waals surface area contributed by atoms with Crippen molar-refractivity contribution in [1.82, 2.24) is 0 Å². The summed E-state index contributed by atoms with van der Waals surface area (Å²) in [6, 6.07) is 12.9. The van der Waals surface area contributed by atoms with Crippen molar-refractivity contribution in [3.63, 3.8) is 0 Å². The lowest BCUT2D eigenvalue weighted by molar-refractivity contribution is -0.115. The van der Waals surface area contributed by atoms with Crippen molar-refractivity contribution in [1.29, 1.82) is 0 Å². The summed E-state index contributed by atoms with van der Waals surface area (Å²) in [6.45, 7) is 0.486. The molecule has 2 aromatic carbocycles. The summed E-state index contributed by atoms with van der Waals surface area (Å²) in [4.78, 5) is 12.1. The molecule has 2 aromatic rings. The third kappa shape index (κ3) is 3.99. The molecule has 0 radical (unpaired) electrons. The number of benzene rings is 2. The first-order valence-corrected chi connectivity index (χ1v) is 6.96. The average molecular weight is 300 g/mol. The fraction of sp³-hybridized carbons (Fsp3) is 0.235. The molecule has 0 aliphatic carbocycles. The molecule has 5 heteroatoms. The molecule has 2 rings (SSSR count). The van der Waals surface area contributed by atoms with E-state index < -0.39 is 0 Å². The summed E-state index contributed by atoms with van der Waals surface area (Å²) >= 11 is 0. The number of anilines is 1. The number of methoxy groups -OCH3 is 2. The molecule has 0 aliphatic heterocycles. The van der Waals surface area contributed by atoms with Gasteiger partial charge in [0.1, 0.15) is 0 Å². The van der Waals surface area contributed by atoms with E-state index in [4.69, 9.17) is 15.2 Å². The summed E-state index contributed by atoms with van der Waals surface area (Å²) in [5.74, 6) is 1.16. The Bertz CT molecular complexity index is 639. The molecule has 0 saturated carbocycles. The number of amides is 1. The predicted octanol–water partition coefficient (Wildman–Crippen LogP) is 2.34. The van der Waals surface area contributed by atoms with E-state index >= 15 is 0 Å². The van der Waals surface area contributed by atoms with Gasteiger partial charge in [-0.25, -0.2) is 0 Å². The minimum Gasteiger partial charge on any atom is -0.493 e. The Morgan fingerprint density at radius 3 is 2.23 bits per heavy atom. The van der Waals surface area contributed by atoms with Gasteiger partial charge in [0.05, 0.1) is 20.6 Å². The quantitative estimate of drug-likeness (QED) is 0.859. The maximum absolute atomic E-state index is 12.1. The predicted molar refractivity (Wildman–Crippen MR) is 86.2 cm³/mol. The first kappa shape index (κ1) is 15.9. The van der Waals surface area contributed by atoms with Gasteiger partial charge in [-0.1, -0.05) is 18.2 Å². The van der Waals surface area contributed by atoms with Crippen molar-refractivity contribution in [3.05, 3.63) is 53.6 Å². The van der Waals surface area contributed by atoms with Crippen molar-refractivity contribution >= 4 is 11.6 Å². The lowest BCUT2D eigenvalue weighted by Crippen LogP contribution is -2.14. The molecular weight excluding hydrogens is 280 g/mol. The standard InChI is InChI=1S/C17H20N2O3/c1-21-15-8-5-13(9-16(15)22-2)10-17(20)19-14-6-3-12(11-18)4-7-14/h3-9H,10-11,18H2,1-2H3,(H,19,20). The highest BCUT2D eigenvalue weighted by atomic mass is 16.5. The lowest BCUT2D eigenvalue weighted by Gasteiger charge is -2.10. The second kappa shape index (κ2) is 7.47. The van der Waals surface area contributed by atoms with Crippen LogP contribution in [0.5, 0.6) is 11.5 Å². The van der Waals surface area contributed by atoms with Gasteiger partial charge in [-0.05, 0) is 35.4 Å². The van der Waals surface area contributed by atoms with Crippen LogP contribution in [0.2, 0.25) is 0 Å². The van der Waals surface area contributed by atoms with Crippen molar-refractivity contribution in [2.75, 3.05) is 19.5 Å². The van der Waals surface area contributed by atoms with Crippen LogP contribution in [0.4, 0.5) is 5.69 Å². The zero-order valence-electron chi connectivity index (χ0n) is 12.8. The van der Waals surface area contributed by atoms with Crippen LogP contribution < -0.4 is 20.5 Å². The van der Waals surface area contributed by atoms with Crippen LogP contribution in [0, 0.1) is 0 Å². The van der Waals surface area contributed by atoms with Gasteiger partial charge < -0.3 is 20.5 Å². The van der Waals surface area contributed by atoms with Crippen molar-refractivity contribution in [2.24, 2.45) is 5.73 Å². The molecule has 0 spiro atoms. The largest absolute Gasteiger partial charge is 0.493 e. The van der Waals surface area contributed by atoms with Gasteiger partial charge >= 0.3 is 0 Å². The fourth-order valence-corrected chi connectivity index (χ4v) is 2.11. The first-order chi connectivity index (χ1) is 10.7. The maximum atomic E-state index is 12.1. The Morgan fingerprint density at radius 1 is 1.00 bits per heavy atom. The lowest BCUT2D eigenvalue weighted by atomic mass is 10.1. The van der Waals surface area contributed by atoms with Crippen molar-refractivity contribution < 1.29 is 14.3 Å². The molecule has 5 nitrogen and oxygen atoms in total. The normalized spacial score (nSPS) is 10.1. The molecule has 3 N–H and O–H groups in total. The second-order valence-corrected chi connectivity index (χ2v) is 4.82. The molecule has 0 heterocycles. The van der Waals surface area contributed by atoms with E-state index in [2.05, 4.69) is 5.32 Å². The van der Waals surface area contributed by atoms with E-state index in [0.29, 0.717) is 18.0 Å². The monoisotopic (exact) mass is 300 g/mol. The van der Waals surface area contributed by atoms with Crippen molar-refractivity contribution in [2.45, 2.75) is 13.0 Å². The van der Waals surface area contributed by atoms with Crippen LogP contribution in [0.15, 0.2) is 42.5 Å². The van der Waals surface area contributed by atoms with Crippen LogP contribution in [-0.4, -0.2) is 20.1 Å². The number of nitrogens with one attached hydrogen (secondary N) is 1. The average Bonchev–Trinajstić information content (AvgIpc) is 2.55. The molecule has 116 valence electrons. The van der Waals surface area contributed by atoms with Gasteiger partial charge in [-0.15, -0.1) is 0 Å². The Hall–Kier alpha value is -2.53. The summed E-state index contributed by atoms with van der Waals surface area (Å²) in [7, 11) is 3.15. The maximum Gasteiger partial charge on any atom is 0.228 e. The van der Waals surface area contributed by atoms with Crippen LogP contribution in [0.25, 0.3) is 0 Å². The molecule has 0 atom stereocenters. The fourth-order valence-electron chi connectivity index (χ4n) is 2.11. The minimum atomic E-state index is -0.0901. The van der Waals surface area contributed by atoms with Gasteiger partial charge in [0, 0.05) is 12.2 Å². The number of hydrogen-bond donors (Lipinski definition) is 2. The van der Waals surface area contributed by atoms with Crippen molar-refractivity contribution in [3.8, 4) is 11.5 Å². The van der Waals surface area contributed by atoms with Gasteiger partial charge in [-0.3, -0.25) is 4.79 Å². The molecule has 0 saturated heterocycles. The van der Waals surface area contributed by atoms with E-state index in [1.165, 1.54) is 0 Å². The molecule has 22 heavy (non-hydrogen) atoms. The Morgan fingerprint density at radius 2 is 1.64 bits per heavy atom. The molecule has 0 bridgehead atoms. The second-order valence-electron chi connectivity index (χ2n) is 4.82. The number of carbonyl (C=O) groups excluding carboxylic acids is 1. The van der Waals surface area contributed by atoms with Gasteiger partial charge in [-0.2, -0.15) is 0 Å². The first-order valence-electron chi connectivity index (χ1n) is 6.96. The van der Waals surface area contributed by atoms with Crippen LogP contribution in [-0.2, 0) is 17.8 Å². The van der Waals surface area contributed by atoms with Crippen LogP contribution >= 0.6 is 0 Å². The van der Waals surface area contributed by atoms with Crippen LogP contribution in [0.3, 0.4) is 0 Å². The zero-order chi connectivity index (χ0) is 15.9. The van der Waals surface area contributed by atoms with E-state index in [-0.39, 0.29) is 12.3 Å². The molecule has 0 fully saturated rings.